The van der Waals surface area contributed by atoms with E-state index in [1.165, 1.54) is 0 Å². The molecule has 2 aliphatic heterocycles. The Hall–Kier alpha value is -3.26. The highest BCUT2D eigenvalue weighted by Gasteiger charge is 2.27. The van der Waals surface area contributed by atoms with Crippen molar-refractivity contribution in [2.24, 2.45) is 11.0 Å². The number of carbonyl (C=O) groups excluding carboxylic acids is 2. The van der Waals surface area contributed by atoms with Crippen molar-refractivity contribution in [2.75, 3.05) is 25.6 Å². The number of hydrogen-bond acceptors (Lipinski definition) is 5. The Bertz CT molecular complexity index is 964. The van der Waals surface area contributed by atoms with Crippen molar-refractivity contribution in [3.8, 4) is 0 Å². The molecule has 0 fully saturated rings. The number of anilines is 1. The van der Waals surface area contributed by atoms with Gasteiger partial charge in [-0.25, -0.2) is 9.80 Å². The quantitative estimate of drug-likeness (QED) is 0.726. The minimum atomic E-state index is -0.149. The lowest BCUT2D eigenvalue weighted by atomic mass is 9.93. The van der Waals surface area contributed by atoms with Crippen LogP contribution in [0.2, 0.25) is 0 Å². The van der Waals surface area contributed by atoms with Crippen LogP contribution in [-0.4, -0.2) is 52.8 Å². The van der Waals surface area contributed by atoms with Crippen LogP contribution < -0.4 is 5.32 Å². The summed E-state index contributed by atoms with van der Waals surface area (Å²) in [5.74, 6) is 0.0829. The number of hydrogen-bond donors (Lipinski definition) is 1. The van der Waals surface area contributed by atoms with Gasteiger partial charge < -0.3 is 15.0 Å². The lowest BCUT2D eigenvalue weighted by Gasteiger charge is -2.27. The maximum absolute atomic E-state index is 12.6. The third-order valence-corrected chi connectivity index (χ3v) is 5.59. The number of pyridine rings is 1. The molecule has 2 aliphatic rings. The first-order chi connectivity index (χ1) is 15.0. The number of methoxy groups -OCH3 is 1. The standard InChI is InChI=1S/C23H27N5O3/c1-16-13-21(29)28(11-4-12-31-2)26-22(16)17-6-8-19(9-7-17)25-23(30)27-14-18-5-3-10-24-20(18)15-27/h3,5-10,16H,4,11-15H2,1-2H3,(H,25,30). The zero-order chi connectivity index (χ0) is 21.8. The molecule has 0 aliphatic carbocycles. The number of hydrazone groups is 1. The molecule has 0 bridgehead atoms. The van der Waals surface area contributed by atoms with Crippen LogP contribution in [0.15, 0.2) is 47.7 Å². The molecule has 31 heavy (non-hydrogen) atoms. The zero-order valence-electron chi connectivity index (χ0n) is 17.9. The molecule has 1 atom stereocenters. The van der Waals surface area contributed by atoms with Crippen molar-refractivity contribution in [1.29, 1.82) is 0 Å². The molecule has 2 aromatic rings. The molecule has 8 nitrogen and oxygen atoms in total. The van der Waals surface area contributed by atoms with Crippen LogP contribution in [0.25, 0.3) is 0 Å². The molecule has 1 aromatic heterocycles. The van der Waals surface area contributed by atoms with Crippen LogP contribution in [-0.2, 0) is 22.6 Å². The molecule has 8 heteroatoms. The van der Waals surface area contributed by atoms with E-state index in [4.69, 9.17) is 4.74 Å². The molecule has 0 saturated heterocycles. The predicted octanol–water partition coefficient (Wildman–Crippen LogP) is 3.24. The fraction of sp³-hybridized carbons (Fsp3) is 0.391. The highest BCUT2D eigenvalue weighted by Crippen LogP contribution is 2.24. The summed E-state index contributed by atoms with van der Waals surface area (Å²) in [5, 5.41) is 9.10. The molecule has 1 N–H and O–H groups in total. The molecule has 1 aromatic carbocycles. The summed E-state index contributed by atoms with van der Waals surface area (Å²) in [7, 11) is 1.65. The van der Waals surface area contributed by atoms with Crippen LogP contribution in [0.3, 0.4) is 0 Å². The summed E-state index contributed by atoms with van der Waals surface area (Å²) < 4.78 is 5.07. The third-order valence-electron chi connectivity index (χ3n) is 5.59. The number of nitrogens with zero attached hydrogens (tertiary/aromatic N) is 4. The summed E-state index contributed by atoms with van der Waals surface area (Å²) in [6.45, 7) is 4.23. The van der Waals surface area contributed by atoms with E-state index in [1.807, 2.05) is 43.3 Å². The number of amides is 3. The maximum atomic E-state index is 12.6. The van der Waals surface area contributed by atoms with Gasteiger partial charge in [0.2, 0.25) is 5.91 Å². The minimum Gasteiger partial charge on any atom is -0.385 e. The summed E-state index contributed by atoms with van der Waals surface area (Å²) in [4.78, 5) is 31.0. The number of nitrogens with one attached hydrogen (secondary N) is 1. The largest absolute Gasteiger partial charge is 0.385 e. The summed E-state index contributed by atoms with van der Waals surface area (Å²) in [5.41, 5.74) is 4.59. The topological polar surface area (TPSA) is 87.1 Å². The predicted molar refractivity (Wildman–Crippen MR) is 117 cm³/mol. The van der Waals surface area contributed by atoms with Crippen LogP contribution in [0, 0.1) is 5.92 Å². The van der Waals surface area contributed by atoms with Crippen molar-refractivity contribution >= 4 is 23.3 Å². The van der Waals surface area contributed by atoms with Gasteiger partial charge in [-0.05, 0) is 35.7 Å². The second kappa shape index (κ2) is 9.26. The van der Waals surface area contributed by atoms with E-state index in [0.29, 0.717) is 32.7 Å². The van der Waals surface area contributed by atoms with Gasteiger partial charge in [-0.3, -0.25) is 9.78 Å². The van der Waals surface area contributed by atoms with Crippen molar-refractivity contribution in [1.82, 2.24) is 14.9 Å². The van der Waals surface area contributed by atoms with E-state index in [2.05, 4.69) is 15.4 Å². The SMILES string of the molecule is COCCCN1N=C(c2ccc(NC(=O)N3Cc4cccnc4C3)cc2)C(C)CC1=O. The first kappa shape index (κ1) is 21.0. The molecular formula is C23H27N5O3. The lowest BCUT2D eigenvalue weighted by Crippen LogP contribution is -2.37. The van der Waals surface area contributed by atoms with Gasteiger partial charge in [0.1, 0.15) is 0 Å². The number of benzene rings is 1. The molecule has 0 radical (unpaired) electrons. The van der Waals surface area contributed by atoms with Crippen molar-refractivity contribution in [2.45, 2.75) is 32.9 Å². The number of ether oxygens (including phenoxy) is 1. The van der Waals surface area contributed by atoms with E-state index in [-0.39, 0.29) is 17.9 Å². The van der Waals surface area contributed by atoms with Crippen molar-refractivity contribution < 1.29 is 14.3 Å². The van der Waals surface area contributed by atoms with Gasteiger partial charge in [-0.1, -0.05) is 25.1 Å². The lowest BCUT2D eigenvalue weighted by molar-refractivity contribution is -0.132. The molecule has 3 amide bonds. The number of carbonyl (C=O) groups is 2. The van der Waals surface area contributed by atoms with Crippen LogP contribution in [0.1, 0.15) is 36.6 Å². The minimum absolute atomic E-state index is 0.0392. The fourth-order valence-corrected chi connectivity index (χ4v) is 3.89. The Morgan fingerprint density at radius 2 is 2.03 bits per heavy atom. The van der Waals surface area contributed by atoms with Gasteiger partial charge in [0.25, 0.3) is 0 Å². The Morgan fingerprint density at radius 1 is 1.23 bits per heavy atom. The molecule has 4 rings (SSSR count). The molecule has 162 valence electrons. The first-order valence-electron chi connectivity index (χ1n) is 10.5. The summed E-state index contributed by atoms with van der Waals surface area (Å²) in [6, 6.07) is 11.4. The highest BCUT2D eigenvalue weighted by molar-refractivity contribution is 6.06. The Morgan fingerprint density at radius 3 is 2.77 bits per heavy atom. The number of aromatic nitrogens is 1. The van der Waals surface area contributed by atoms with E-state index >= 15 is 0 Å². The molecular weight excluding hydrogens is 394 g/mol. The number of rotatable bonds is 6. The zero-order valence-corrected chi connectivity index (χ0v) is 17.9. The van der Waals surface area contributed by atoms with Crippen LogP contribution in [0.5, 0.6) is 0 Å². The second-order valence-corrected chi connectivity index (χ2v) is 7.93. The van der Waals surface area contributed by atoms with Crippen LogP contribution in [0.4, 0.5) is 10.5 Å². The molecule has 0 saturated carbocycles. The van der Waals surface area contributed by atoms with Gasteiger partial charge in [0.05, 0.1) is 18.0 Å². The van der Waals surface area contributed by atoms with Gasteiger partial charge in [0, 0.05) is 51.0 Å². The van der Waals surface area contributed by atoms with Gasteiger partial charge >= 0.3 is 6.03 Å². The van der Waals surface area contributed by atoms with Gasteiger partial charge in [0.15, 0.2) is 0 Å². The average Bonchev–Trinajstić information content (AvgIpc) is 3.21. The normalized spacial score (nSPS) is 18.1. The van der Waals surface area contributed by atoms with E-state index in [1.54, 1.807) is 23.2 Å². The smallest absolute Gasteiger partial charge is 0.322 e. The van der Waals surface area contributed by atoms with Gasteiger partial charge in [-0.15, -0.1) is 0 Å². The monoisotopic (exact) mass is 421 g/mol. The molecule has 3 heterocycles. The maximum Gasteiger partial charge on any atom is 0.322 e. The van der Waals surface area contributed by atoms with Crippen molar-refractivity contribution in [3.05, 3.63) is 59.4 Å². The van der Waals surface area contributed by atoms with Crippen molar-refractivity contribution in [3.63, 3.8) is 0 Å². The van der Waals surface area contributed by atoms with Crippen LogP contribution >= 0.6 is 0 Å². The number of urea groups is 1. The fourth-order valence-electron chi connectivity index (χ4n) is 3.89. The Labute approximate surface area is 181 Å². The number of fused-ring (bicyclic) bond motifs is 1. The highest BCUT2D eigenvalue weighted by atomic mass is 16.5. The summed E-state index contributed by atoms with van der Waals surface area (Å²) >= 11 is 0. The van der Waals surface area contributed by atoms with E-state index in [0.717, 1.165) is 34.6 Å². The Balaban J connectivity index is 1.41. The van der Waals surface area contributed by atoms with Gasteiger partial charge in [-0.2, -0.15) is 5.10 Å². The first-order valence-corrected chi connectivity index (χ1v) is 10.5. The summed E-state index contributed by atoms with van der Waals surface area (Å²) in [6.07, 6.45) is 2.93. The third kappa shape index (κ3) is 4.74. The van der Waals surface area contributed by atoms with E-state index in [9.17, 15) is 9.59 Å². The Kier molecular flexibility index (Phi) is 6.27. The molecule has 1 unspecified atom stereocenters. The second-order valence-electron chi connectivity index (χ2n) is 7.93. The molecule has 0 spiro atoms. The van der Waals surface area contributed by atoms with E-state index < -0.39 is 0 Å². The average molecular weight is 422 g/mol.